The topological polar surface area (TPSA) is 50.2 Å². The van der Waals surface area contributed by atoms with E-state index in [1.54, 1.807) is 23.7 Å². The molecule has 0 radical (unpaired) electrons. The molecule has 1 atom stereocenters. The highest BCUT2D eigenvalue weighted by Crippen LogP contribution is 2.19. The molecule has 1 aromatic heterocycles. The molecule has 1 heterocycles. The largest absolute Gasteiger partial charge is 0.378 e. The van der Waals surface area contributed by atoms with Crippen molar-refractivity contribution in [2.45, 2.75) is 13.0 Å². The van der Waals surface area contributed by atoms with Crippen molar-refractivity contribution in [3.63, 3.8) is 0 Å². The van der Waals surface area contributed by atoms with Gasteiger partial charge in [0.15, 0.2) is 0 Å². The first-order valence-electron chi connectivity index (χ1n) is 6.54. The van der Waals surface area contributed by atoms with Crippen molar-refractivity contribution < 1.29 is 4.79 Å². The average molecular weight is 272 g/mol. The third-order valence-electron chi connectivity index (χ3n) is 3.15. The van der Waals surface area contributed by atoms with Crippen LogP contribution >= 0.6 is 0 Å². The normalized spacial score (nSPS) is 12.0. The summed E-state index contributed by atoms with van der Waals surface area (Å²) < 4.78 is 1.78. The predicted octanol–water partition coefficient (Wildman–Crippen LogP) is 2.29. The van der Waals surface area contributed by atoms with E-state index in [1.165, 1.54) is 0 Å². The van der Waals surface area contributed by atoms with Crippen LogP contribution in [0.25, 0.3) is 0 Å². The Morgan fingerprint density at radius 2 is 1.95 bits per heavy atom. The number of benzene rings is 1. The first kappa shape index (κ1) is 14.1. The van der Waals surface area contributed by atoms with Gasteiger partial charge in [0, 0.05) is 44.2 Å². The number of rotatable bonds is 4. The third-order valence-corrected chi connectivity index (χ3v) is 3.15. The summed E-state index contributed by atoms with van der Waals surface area (Å²) in [5.41, 5.74) is 2.80. The standard InChI is InChI=1S/C15H20N4O/c1-11(13-9-16-19(4)10-13)17-14-7-5-12(6-8-14)15(20)18(2)3/h5-11,17H,1-4H3. The second-order valence-corrected chi connectivity index (χ2v) is 5.09. The van der Waals surface area contributed by atoms with Crippen molar-refractivity contribution in [1.29, 1.82) is 0 Å². The lowest BCUT2D eigenvalue weighted by Crippen LogP contribution is -2.21. The Morgan fingerprint density at radius 3 is 2.45 bits per heavy atom. The van der Waals surface area contributed by atoms with E-state index in [1.807, 2.05) is 43.7 Å². The van der Waals surface area contributed by atoms with Crippen LogP contribution in [0.15, 0.2) is 36.7 Å². The molecule has 5 nitrogen and oxygen atoms in total. The van der Waals surface area contributed by atoms with Crippen molar-refractivity contribution in [1.82, 2.24) is 14.7 Å². The minimum absolute atomic E-state index is 0.0110. The van der Waals surface area contributed by atoms with Crippen LogP contribution < -0.4 is 5.32 Å². The van der Waals surface area contributed by atoms with Gasteiger partial charge in [0.05, 0.1) is 12.2 Å². The van der Waals surface area contributed by atoms with Gasteiger partial charge in [-0.1, -0.05) is 0 Å². The summed E-state index contributed by atoms with van der Waals surface area (Å²) in [7, 11) is 5.40. The van der Waals surface area contributed by atoms with E-state index in [9.17, 15) is 4.79 Å². The summed E-state index contributed by atoms with van der Waals surface area (Å²) in [6.07, 6.45) is 3.84. The van der Waals surface area contributed by atoms with Gasteiger partial charge in [-0.3, -0.25) is 9.48 Å². The molecular formula is C15H20N4O. The average Bonchev–Trinajstić information content (AvgIpc) is 2.85. The zero-order valence-corrected chi connectivity index (χ0v) is 12.3. The van der Waals surface area contributed by atoms with E-state index in [0.717, 1.165) is 11.3 Å². The van der Waals surface area contributed by atoms with E-state index < -0.39 is 0 Å². The van der Waals surface area contributed by atoms with E-state index in [4.69, 9.17) is 0 Å². The molecule has 5 heteroatoms. The Balaban J connectivity index is 2.05. The minimum atomic E-state index is 0.0110. The molecule has 0 bridgehead atoms. The lowest BCUT2D eigenvalue weighted by Gasteiger charge is -2.15. The van der Waals surface area contributed by atoms with Crippen molar-refractivity contribution in [3.05, 3.63) is 47.8 Å². The number of aryl methyl sites for hydroxylation is 1. The number of aromatic nitrogens is 2. The van der Waals surface area contributed by atoms with Crippen molar-refractivity contribution in [2.75, 3.05) is 19.4 Å². The van der Waals surface area contributed by atoms with Crippen LogP contribution in [0.3, 0.4) is 0 Å². The van der Waals surface area contributed by atoms with Gasteiger partial charge in [-0.15, -0.1) is 0 Å². The number of nitrogens with one attached hydrogen (secondary N) is 1. The van der Waals surface area contributed by atoms with Crippen LogP contribution in [-0.2, 0) is 7.05 Å². The number of hydrogen-bond acceptors (Lipinski definition) is 3. The summed E-state index contributed by atoms with van der Waals surface area (Å²) in [5, 5.41) is 7.55. The fourth-order valence-corrected chi connectivity index (χ4v) is 1.96. The van der Waals surface area contributed by atoms with Crippen LogP contribution in [0.1, 0.15) is 28.9 Å². The molecule has 0 spiro atoms. The molecule has 0 aliphatic heterocycles. The number of nitrogens with zero attached hydrogens (tertiary/aromatic N) is 3. The van der Waals surface area contributed by atoms with Crippen LogP contribution in [0.4, 0.5) is 5.69 Å². The fourth-order valence-electron chi connectivity index (χ4n) is 1.96. The van der Waals surface area contributed by atoms with Gasteiger partial charge in [0.25, 0.3) is 5.91 Å². The van der Waals surface area contributed by atoms with Crippen LogP contribution in [0, 0.1) is 0 Å². The highest BCUT2D eigenvalue weighted by molar-refractivity contribution is 5.94. The first-order chi connectivity index (χ1) is 9.47. The van der Waals surface area contributed by atoms with Gasteiger partial charge >= 0.3 is 0 Å². The molecule has 1 aromatic carbocycles. The second kappa shape index (κ2) is 5.77. The molecule has 0 fully saturated rings. The van der Waals surface area contributed by atoms with Crippen molar-refractivity contribution >= 4 is 11.6 Å². The number of carbonyl (C=O) groups excluding carboxylic acids is 1. The van der Waals surface area contributed by atoms with Crippen LogP contribution in [0.5, 0.6) is 0 Å². The quantitative estimate of drug-likeness (QED) is 0.929. The summed E-state index contributed by atoms with van der Waals surface area (Å²) >= 11 is 0. The summed E-state index contributed by atoms with van der Waals surface area (Å²) in [6.45, 7) is 2.08. The minimum Gasteiger partial charge on any atom is -0.378 e. The van der Waals surface area contributed by atoms with E-state index in [0.29, 0.717) is 5.56 Å². The number of carbonyl (C=O) groups is 1. The molecule has 1 amide bonds. The molecule has 0 aliphatic carbocycles. The Kier molecular flexibility index (Phi) is 4.08. The summed E-state index contributed by atoms with van der Waals surface area (Å²) in [6, 6.07) is 7.67. The lowest BCUT2D eigenvalue weighted by molar-refractivity contribution is 0.0827. The molecule has 20 heavy (non-hydrogen) atoms. The summed E-state index contributed by atoms with van der Waals surface area (Å²) in [5.74, 6) is 0.0110. The van der Waals surface area contributed by atoms with Gasteiger partial charge in [-0.2, -0.15) is 5.10 Å². The van der Waals surface area contributed by atoms with Gasteiger partial charge < -0.3 is 10.2 Å². The van der Waals surface area contributed by atoms with Gasteiger partial charge in [0.2, 0.25) is 0 Å². The summed E-state index contributed by atoms with van der Waals surface area (Å²) in [4.78, 5) is 13.4. The zero-order valence-electron chi connectivity index (χ0n) is 12.3. The predicted molar refractivity (Wildman–Crippen MR) is 79.7 cm³/mol. The molecule has 2 rings (SSSR count). The van der Waals surface area contributed by atoms with Crippen LogP contribution in [0.2, 0.25) is 0 Å². The molecule has 106 valence electrons. The second-order valence-electron chi connectivity index (χ2n) is 5.09. The molecule has 0 saturated heterocycles. The maximum atomic E-state index is 11.8. The Hall–Kier alpha value is -2.30. The molecular weight excluding hydrogens is 252 g/mol. The Morgan fingerprint density at radius 1 is 1.30 bits per heavy atom. The number of anilines is 1. The lowest BCUT2D eigenvalue weighted by atomic mass is 10.1. The Labute approximate surface area is 119 Å². The Bertz CT molecular complexity index is 586. The molecule has 0 saturated carbocycles. The molecule has 2 aromatic rings. The van der Waals surface area contributed by atoms with Gasteiger partial charge in [-0.25, -0.2) is 0 Å². The maximum Gasteiger partial charge on any atom is 0.253 e. The molecule has 1 unspecified atom stereocenters. The van der Waals surface area contributed by atoms with Crippen LogP contribution in [-0.4, -0.2) is 34.7 Å². The fraction of sp³-hybridized carbons (Fsp3) is 0.333. The first-order valence-corrected chi connectivity index (χ1v) is 6.54. The highest BCUT2D eigenvalue weighted by Gasteiger charge is 2.09. The van der Waals surface area contributed by atoms with Crippen molar-refractivity contribution in [2.24, 2.45) is 7.05 Å². The maximum absolute atomic E-state index is 11.8. The SMILES string of the molecule is CC(Nc1ccc(C(=O)N(C)C)cc1)c1cnn(C)c1. The van der Waals surface area contributed by atoms with Gasteiger partial charge in [0.1, 0.15) is 0 Å². The number of amides is 1. The monoisotopic (exact) mass is 272 g/mol. The zero-order chi connectivity index (χ0) is 14.7. The highest BCUT2D eigenvalue weighted by atomic mass is 16.2. The van der Waals surface area contributed by atoms with Gasteiger partial charge in [-0.05, 0) is 31.2 Å². The van der Waals surface area contributed by atoms with E-state index in [-0.39, 0.29) is 11.9 Å². The van der Waals surface area contributed by atoms with E-state index in [2.05, 4.69) is 17.3 Å². The molecule has 1 N–H and O–H groups in total. The van der Waals surface area contributed by atoms with Crippen molar-refractivity contribution in [3.8, 4) is 0 Å². The molecule has 0 aliphatic rings. The smallest absolute Gasteiger partial charge is 0.253 e. The van der Waals surface area contributed by atoms with E-state index >= 15 is 0 Å². The third kappa shape index (κ3) is 3.17. The number of hydrogen-bond donors (Lipinski definition) is 1.